The molecule has 0 atom stereocenters. The first-order valence-electron chi connectivity index (χ1n) is 9.41. The number of pyridine rings is 1. The SMILES string of the molecule is CC(=O)OCc1c(C)c(-c2ccc(-c3ccccc3)cc2)nc2ccc(F)cc12. The van der Waals surface area contributed by atoms with Crippen molar-refractivity contribution >= 4 is 16.9 Å². The molecule has 0 spiro atoms. The minimum atomic E-state index is -0.375. The number of benzene rings is 3. The van der Waals surface area contributed by atoms with Gasteiger partial charge in [0.15, 0.2) is 0 Å². The van der Waals surface area contributed by atoms with Crippen molar-refractivity contribution in [2.24, 2.45) is 0 Å². The van der Waals surface area contributed by atoms with Crippen LogP contribution < -0.4 is 0 Å². The van der Waals surface area contributed by atoms with Crippen LogP contribution in [0.15, 0.2) is 72.8 Å². The lowest BCUT2D eigenvalue weighted by molar-refractivity contribution is -0.142. The number of fused-ring (bicyclic) bond motifs is 1. The van der Waals surface area contributed by atoms with Gasteiger partial charge in [0.05, 0.1) is 11.2 Å². The molecule has 0 radical (unpaired) electrons. The first-order valence-corrected chi connectivity index (χ1v) is 9.41. The summed E-state index contributed by atoms with van der Waals surface area (Å²) in [6, 6.07) is 22.8. The first-order chi connectivity index (χ1) is 14.0. The number of hydrogen-bond donors (Lipinski definition) is 0. The van der Waals surface area contributed by atoms with Gasteiger partial charge in [-0.05, 0) is 41.8 Å². The molecule has 0 unspecified atom stereocenters. The van der Waals surface area contributed by atoms with Crippen molar-refractivity contribution in [3.05, 3.63) is 89.7 Å². The van der Waals surface area contributed by atoms with Crippen molar-refractivity contribution in [3.63, 3.8) is 0 Å². The van der Waals surface area contributed by atoms with Gasteiger partial charge in [-0.2, -0.15) is 0 Å². The van der Waals surface area contributed by atoms with Crippen molar-refractivity contribution in [2.45, 2.75) is 20.5 Å². The fraction of sp³-hybridized carbons (Fsp3) is 0.120. The highest BCUT2D eigenvalue weighted by Crippen LogP contribution is 2.32. The largest absolute Gasteiger partial charge is 0.461 e. The molecular weight excluding hydrogens is 365 g/mol. The molecule has 4 aromatic rings. The molecule has 0 aliphatic rings. The number of hydrogen-bond acceptors (Lipinski definition) is 3. The summed E-state index contributed by atoms with van der Waals surface area (Å²) in [5.41, 5.74) is 6.33. The molecule has 29 heavy (non-hydrogen) atoms. The van der Waals surface area contributed by atoms with Crippen LogP contribution in [0.2, 0.25) is 0 Å². The second-order valence-electron chi connectivity index (χ2n) is 6.95. The Hall–Kier alpha value is -3.53. The van der Waals surface area contributed by atoms with Gasteiger partial charge in [0.25, 0.3) is 0 Å². The molecule has 3 nitrogen and oxygen atoms in total. The molecule has 1 heterocycles. The van der Waals surface area contributed by atoms with E-state index in [2.05, 4.69) is 24.3 Å². The summed E-state index contributed by atoms with van der Waals surface area (Å²) in [5, 5.41) is 0.661. The second-order valence-corrected chi connectivity index (χ2v) is 6.95. The molecule has 0 fully saturated rings. The van der Waals surface area contributed by atoms with E-state index in [1.807, 2.05) is 37.3 Å². The monoisotopic (exact) mass is 385 g/mol. The van der Waals surface area contributed by atoms with Gasteiger partial charge in [0.2, 0.25) is 0 Å². The number of nitrogens with zero attached hydrogens (tertiary/aromatic N) is 1. The highest BCUT2D eigenvalue weighted by atomic mass is 19.1. The summed E-state index contributed by atoms with van der Waals surface area (Å²) >= 11 is 0. The molecule has 3 aromatic carbocycles. The summed E-state index contributed by atoms with van der Waals surface area (Å²) in [7, 11) is 0. The third kappa shape index (κ3) is 3.87. The standard InChI is InChI=1S/C25H20FNO2/c1-16-23(15-29-17(2)28)22-14-21(26)12-13-24(22)27-25(16)20-10-8-19(9-11-20)18-6-4-3-5-7-18/h3-14H,15H2,1-2H3. The topological polar surface area (TPSA) is 39.2 Å². The second kappa shape index (κ2) is 7.84. The van der Waals surface area contributed by atoms with Crippen LogP contribution in [-0.4, -0.2) is 11.0 Å². The Morgan fingerprint density at radius 1 is 0.931 bits per heavy atom. The Morgan fingerprint density at radius 2 is 1.59 bits per heavy atom. The lowest BCUT2D eigenvalue weighted by atomic mass is 9.96. The Morgan fingerprint density at radius 3 is 2.28 bits per heavy atom. The van der Waals surface area contributed by atoms with Gasteiger partial charge < -0.3 is 4.74 Å². The quantitative estimate of drug-likeness (QED) is 0.400. The van der Waals surface area contributed by atoms with Gasteiger partial charge in [-0.25, -0.2) is 9.37 Å². The number of carbonyl (C=O) groups excluding carboxylic acids is 1. The fourth-order valence-electron chi connectivity index (χ4n) is 3.49. The lowest BCUT2D eigenvalue weighted by Crippen LogP contribution is -2.04. The molecule has 0 saturated heterocycles. The van der Waals surface area contributed by atoms with E-state index in [9.17, 15) is 9.18 Å². The van der Waals surface area contributed by atoms with Crippen LogP contribution in [-0.2, 0) is 16.1 Å². The zero-order valence-corrected chi connectivity index (χ0v) is 16.3. The first kappa shape index (κ1) is 18.8. The normalized spacial score (nSPS) is 10.9. The van der Waals surface area contributed by atoms with Gasteiger partial charge in [0, 0.05) is 23.4 Å². The Balaban J connectivity index is 1.82. The Labute approximate surface area is 168 Å². The average molecular weight is 385 g/mol. The third-order valence-electron chi connectivity index (χ3n) is 5.01. The van der Waals surface area contributed by atoms with Crippen LogP contribution in [0.25, 0.3) is 33.3 Å². The molecule has 0 amide bonds. The smallest absolute Gasteiger partial charge is 0.302 e. The van der Waals surface area contributed by atoms with Crippen LogP contribution in [0.1, 0.15) is 18.1 Å². The molecule has 0 aliphatic carbocycles. The molecule has 0 N–H and O–H groups in total. The van der Waals surface area contributed by atoms with Crippen molar-refractivity contribution in [1.82, 2.24) is 4.98 Å². The number of ether oxygens (including phenoxy) is 1. The molecule has 1 aromatic heterocycles. The van der Waals surface area contributed by atoms with Gasteiger partial charge >= 0.3 is 5.97 Å². The number of halogens is 1. The minimum absolute atomic E-state index is 0.0821. The summed E-state index contributed by atoms with van der Waals surface area (Å²) in [6.07, 6.45) is 0. The predicted octanol–water partition coefficient (Wildman–Crippen LogP) is 6.08. The van der Waals surface area contributed by atoms with Crippen LogP contribution in [0, 0.1) is 12.7 Å². The van der Waals surface area contributed by atoms with Gasteiger partial charge in [0.1, 0.15) is 12.4 Å². The van der Waals surface area contributed by atoms with Crippen LogP contribution in [0.4, 0.5) is 4.39 Å². The number of carbonyl (C=O) groups is 1. The van der Waals surface area contributed by atoms with Crippen molar-refractivity contribution < 1.29 is 13.9 Å². The summed E-state index contributed by atoms with van der Waals surface area (Å²) in [4.78, 5) is 16.1. The third-order valence-corrected chi connectivity index (χ3v) is 5.01. The molecule has 0 bridgehead atoms. The van der Waals surface area contributed by atoms with E-state index in [1.165, 1.54) is 19.1 Å². The van der Waals surface area contributed by atoms with Gasteiger partial charge in [-0.15, -0.1) is 0 Å². The van der Waals surface area contributed by atoms with E-state index in [-0.39, 0.29) is 18.4 Å². The molecule has 144 valence electrons. The highest BCUT2D eigenvalue weighted by molar-refractivity contribution is 5.87. The maximum atomic E-state index is 13.8. The number of esters is 1. The minimum Gasteiger partial charge on any atom is -0.461 e. The maximum absolute atomic E-state index is 13.8. The molecule has 0 saturated carbocycles. The van der Waals surface area contributed by atoms with E-state index in [0.717, 1.165) is 33.5 Å². The predicted molar refractivity (Wildman–Crippen MR) is 113 cm³/mol. The van der Waals surface area contributed by atoms with Crippen molar-refractivity contribution in [3.8, 4) is 22.4 Å². The zero-order valence-electron chi connectivity index (χ0n) is 16.3. The van der Waals surface area contributed by atoms with E-state index in [0.29, 0.717) is 10.9 Å². The van der Waals surface area contributed by atoms with E-state index in [4.69, 9.17) is 9.72 Å². The molecule has 4 rings (SSSR count). The van der Waals surface area contributed by atoms with E-state index in [1.54, 1.807) is 6.07 Å². The molecule has 0 aliphatic heterocycles. The molecular formula is C25H20FNO2. The fourth-order valence-corrected chi connectivity index (χ4v) is 3.49. The van der Waals surface area contributed by atoms with Crippen molar-refractivity contribution in [1.29, 1.82) is 0 Å². The van der Waals surface area contributed by atoms with Crippen molar-refractivity contribution in [2.75, 3.05) is 0 Å². The number of aromatic nitrogens is 1. The van der Waals surface area contributed by atoms with E-state index >= 15 is 0 Å². The molecule has 4 heteroatoms. The van der Waals surface area contributed by atoms with Gasteiger partial charge in [-0.1, -0.05) is 54.6 Å². The average Bonchev–Trinajstić information content (AvgIpc) is 2.73. The summed E-state index contributed by atoms with van der Waals surface area (Å²) in [5.74, 6) is -0.720. The van der Waals surface area contributed by atoms with Gasteiger partial charge in [-0.3, -0.25) is 4.79 Å². The Kier molecular flexibility index (Phi) is 5.09. The Bertz CT molecular complexity index is 1190. The summed E-state index contributed by atoms with van der Waals surface area (Å²) in [6.45, 7) is 3.37. The lowest BCUT2D eigenvalue weighted by Gasteiger charge is -2.15. The highest BCUT2D eigenvalue weighted by Gasteiger charge is 2.15. The van der Waals surface area contributed by atoms with Crippen LogP contribution in [0.5, 0.6) is 0 Å². The maximum Gasteiger partial charge on any atom is 0.302 e. The number of rotatable bonds is 4. The van der Waals surface area contributed by atoms with E-state index < -0.39 is 0 Å². The van der Waals surface area contributed by atoms with Crippen LogP contribution in [0.3, 0.4) is 0 Å². The summed E-state index contributed by atoms with van der Waals surface area (Å²) < 4.78 is 19.1. The zero-order chi connectivity index (χ0) is 20.4. The van der Waals surface area contributed by atoms with Crippen LogP contribution >= 0.6 is 0 Å².